The Kier molecular flexibility index (Phi) is 6.65. The highest BCUT2D eigenvalue weighted by Gasteiger charge is 2.27. The van der Waals surface area contributed by atoms with E-state index in [-0.39, 0.29) is 24.5 Å². The summed E-state index contributed by atoms with van der Waals surface area (Å²) in [7, 11) is 3.10. The van der Waals surface area contributed by atoms with E-state index >= 15 is 0 Å². The van der Waals surface area contributed by atoms with Crippen LogP contribution in [0, 0.1) is 5.92 Å². The molecule has 0 spiro atoms. The van der Waals surface area contributed by atoms with E-state index in [1.54, 1.807) is 21.1 Å². The molecule has 0 unspecified atom stereocenters. The van der Waals surface area contributed by atoms with Crippen molar-refractivity contribution >= 4 is 11.8 Å². The molecule has 0 heterocycles. The van der Waals surface area contributed by atoms with Crippen LogP contribution < -0.4 is 14.2 Å². The SMILES string of the molecule is COc1ccc(-c2cccc3c2CCC3=O)c(OC[C@@H](C)C(=O)OC(C)C)c1OC. The lowest BCUT2D eigenvalue weighted by atomic mass is 9.95. The van der Waals surface area contributed by atoms with Gasteiger partial charge >= 0.3 is 5.97 Å². The summed E-state index contributed by atoms with van der Waals surface area (Å²) in [5.41, 5.74) is 3.48. The molecule has 0 saturated carbocycles. The molecule has 0 saturated heterocycles. The summed E-state index contributed by atoms with van der Waals surface area (Å²) in [6, 6.07) is 9.42. The number of carbonyl (C=O) groups excluding carboxylic acids is 2. The van der Waals surface area contributed by atoms with E-state index in [1.807, 2.05) is 44.2 Å². The van der Waals surface area contributed by atoms with Crippen LogP contribution in [0.3, 0.4) is 0 Å². The minimum absolute atomic E-state index is 0.121. The van der Waals surface area contributed by atoms with Gasteiger partial charge < -0.3 is 18.9 Å². The first-order valence-electron chi connectivity index (χ1n) is 10.1. The summed E-state index contributed by atoms with van der Waals surface area (Å²) in [5.74, 6) is 0.825. The van der Waals surface area contributed by atoms with Gasteiger partial charge in [0, 0.05) is 17.5 Å². The van der Waals surface area contributed by atoms with Crippen LogP contribution in [0.15, 0.2) is 30.3 Å². The minimum atomic E-state index is -0.459. The molecule has 0 N–H and O–H groups in total. The largest absolute Gasteiger partial charge is 0.493 e. The van der Waals surface area contributed by atoms with Crippen molar-refractivity contribution in [3.05, 3.63) is 41.5 Å². The molecule has 0 aliphatic heterocycles. The Morgan fingerprint density at radius 2 is 1.67 bits per heavy atom. The highest BCUT2D eigenvalue weighted by molar-refractivity contribution is 6.02. The first-order chi connectivity index (χ1) is 14.4. The van der Waals surface area contributed by atoms with Gasteiger partial charge in [-0.2, -0.15) is 0 Å². The van der Waals surface area contributed by atoms with Crippen molar-refractivity contribution < 1.29 is 28.5 Å². The molecule has 0 aromatic heterocycles. The Bertz CT molecular complexity index is 947. The number of hydrogen-bond acceptors (Lipinski definition) is 6. The predicted molar refractivity (Wildman–Crippen MR) is 114 cm³/mol. The van der Waals surface area contributed by atoms with E-state index in [0.29, 0.717) is 30.1 Å². The van der Waals surface area contributed by atoms with E-state index < -0.39 is 5.92 Å². The average Bonchev–Trinajstić information content (AvgIpc) is 3.11. The summed E-state index contributed by atoms with van der Waals surface area (Å²) in [5, 5.41) is 0. The molecule has 1 aliphatic rings. The van der Waals surface area contributed by atoms with E-state index in [2.05, 4.69) is 0 Å². The van der Waals surface area contributed by atoms with Gasteiger partial charge in [0.05, 0.1) is 26.2 Å². The van der Waals surface area contributed by atoms with Crippen LogP contribution in [0.2, 0.25) is 0 Å². The fourth-order valence-corrected chi connectivity index (χ4v) is 3.62. The fraction of sp³-hybridized carbons (Fsp3) is 0.417. The Balaban J connectivity index is 2.01. The van der Waals surface area contributed by atoms with Crippen molar-refractivity contribution in [2.45, 2.75) is 39.7 Å². The van der Waals surface area contributed by atoms with Crippen molar-refractivity contribution in [3.8, 4) is 28.4 Å². The number of ether oxygens (including phenoxy) is 4. The van der Waals surface area contributed by atoms with Crippen LogP contribution in [0.1, 0.15) is 43.1 Å². The number of benzene rings is 2. The van der Waals surface area contributed by atoms with Crippen LogP contribution in [0.25, 0.3) is 11.1 Å². The third-order valence-electron chi connectivity index (χ3n) is 5.10. The van der Waals surface area contributed by atoms with Gasteiger partial charge in [-0.15, -0.1) is 0 Å². The van der Waals surface area contributed by atoms with Gasteiger partial charge in [-0.1, -0.05) is 18.2 Å². The summed E-state index contributed by atoms with van der Waals surface area (Å²) in [4.78, 5) is 24.4. The number of Topliss-reactive ketones (excluding diaryl/α,β-unsaturated/α-hetero) is 1. The number of rotatable bonds is 8. The van der Waals surface area contributed by atoms with E-state index in [0.717, 1.165) is 22.3 Å². The van der Waals surface area contributed by atoms with Gasteiger partial charge in [-0.25, -0.2) is 0 Å². The number of hydrogen-bond donors (Lipinski definition) is 0. The maximum atomic E-state index is 12.2. The third-order valence-corrected chi connectivity index (χ3v) is 5.10. The first-order valence-corrected chi connectivity index (χ1v) is 10.1. The number of methoxy groups -OCH3 is 2. The molecule has 1 aliphatic carbocycles. The second-order valence-corrected chi connectivity index (χ2v) is 7.63. The number of fused-ring (bicyclic) bond motifs is 1. The van der Waals surface area contributed by atoms with Gasteiger partial charge in [-0.05, 0) is 50.5 Å². The lowest BCUT2D eigenvalue weighted by Gasteiger charge is -2.21. The minimum Gasteiger partial charge on any atom is -0.493 e. The van der Waals surface area contributed by atoms with Crippen LogP contribution in [-0.4, -0.2) is 38.7 Å². The predicted octanol–water partition coefficient (Wildman–Crippen LogP) is 4.47. The molecule has 160 valence electrons. The maximum absolute atomic E-state index is 12.2. The van der Waals surface area contributed by atoms with Crippen LogP contribution in [0.4, 0.5) is 0 Å². The normalized spacial score (nSPS) is 13.7. The molecule has 2 aromatic carbocycles. The highest BCUT2D eigenvalue weighted by atomic mass is 16.6. The first kappa shape index (κ1) is 21.7. The van der Waals surface area contributed by atoms with Crippen molar-refractivity contribution in [2.75, 3.05) is 20.8 Å². The molecule has 2 aromatic rings. The summed E-state index contributed by atoms with van der Waals surface area (Å²) < 4.78 is 22.4. The van der Waals surface area contributed by atoms with Crippen LogP contribution in [0.5, 0.6) is 17.2 Å². The highest BCUT2D eigenvalue weighted by Crippen LogP contribution is 2.46. The average molecular weight is 412 g/mol. The topological polar surface area (TPSA) is 71.1 Å². The molecule has 3 rings (SSSR count). The smallest absolute Gasteiger partial charge is 0.312 e. The van der Waals surface area contributed by atoms with Gasteiger partial charge in [0.2, 0.25) is 5.75 Å². The monoisotopic (exact) mass is 412 g/mol. The summed E-state index contributed by atoms with van der Waals surface area (Å²) in [6.07, 6.45) is 1.01. The fourth-order valence-electron chi connectivity index (χ4n) is 3.62. The molecule has 0 fully saturated rings. The Hall–Kier alpha value is -3.02. The summed E-state index contributed by atoms with van der Waals surface area (Å²) >= 11 is 0. The Morgan fingerprint density at radius 3 is 2.33 bits per heavy atom. The molecular formula is C24H28O6. The molecule has 6 nitrogen and oxygen atoms in total. The van der Waals surface area contributed by atoms with E-state index in [4.69, 9.17) is 18.9 Å². The second-order valence-electron chi connectivity index (χ2n) is 7.63. The molecule has 1 atom stereocenters. The zero-order valence-corrected chi connectivity index (χ0v) is 18.1. The van der Waals surface area contributed by atoms with Gasteiger partial charge in [0.1, 0.15) is 6.61 Å². The van der Waals surface area contributed by atoms with Crippen molar-refractivity contribution in [2.24, 2.45) is 5.92 Å². The molecule has 6 heteroatoms. The molecular weight excluding hydrogens is 384 g/mol. The summed E-state index contributed by atoms with van der Waals surface area (Å²) in [6.45, 7) is 5.50. The van der Waals surface area contributed by atoms with E-state index in [9.17, 15) is 9.59 Å². The van der Waals surface area contributed by atoms with Gasteiger partial charge in [-0.3, -0.25) is 9.59 Å². The maximum Gasteiger partial charge on any atom is 0.312 e. The second kappa shape index (κ2) is 9.20. The lowest BCUT2D eigenvalue weighted by Crippen LogP contribution is -2.24. The number of esters is 1. The zero-order valence-electron chi connectivity index (χ0n) is 18.1. The quantitative estimate of drug-likeness (QED) is 0.596. The van der Waals surface area contributed by atoms with Crippen molar-refractivity contribution in [1.29, 1.82) is 0 Å². The lowest BCUT2D eigenvalue weighted by molar-refractivity contribution is -0.152. The third kappa shape index (κ3) is 4.27. The molecule has 30 heavy (non-hydrogen) atoms. The molecule has 0 amide bonds. The van der Waals surface area contributed by atoms with E-state index in [1.165, 1.54) is 0 Å². The van der Waals surface area contributed by atoms with Crippen molar-refractivity contribution in [3.63, 3.8) is 0 Å². The number of carbonyl (C=O) groups is 2. The standard InChI is InChI=1S/C24H28O6/c1-14(2)30-24(26)15(3)13-29-22-19(10-12-21(27-4)23(22)28-5)16-7-6-8-18-17(16)9-11-20(18)25/h6-8,10,12,14-15H,9,11,13H2,1-5H3/t15-/m1/s1. The van der Waals surface area contributed by atoms with Crippen molar-refractivity contribution in [1.82, 2.24) is 0 Å². The Morgan fingerprint density at radius 1 is 0.933 bits per heavy atom. The Labute approximate surface area is 177 Å². The molecule has 0 radical (unpaired) electrons. The van der Waals surface area contributed by atoms with Crippen LogP contribution in [-0.2, 0) is 16.0 Å². The number of ketones is 1. The van der Waals surface area contributed by atoms with Gasteiger partial charge in [0.15, 0.2) is 17.3 Å². The van der Waals surface area contributed by atoms with Crippen LogP contribution >= 0.6 is 0 Å². The van der Waals surface area contributed by atoms with Gasteiger partial charge in [0.25, 0.3) is 0 Å². The zero-order chi connectivity index (χ0) is 21.8. The molecule has 0 bridgehead atoms.